The van der Waals surface area contributed by atoms with Gasteiger partial charge in [0.2, 0.25) is 5.91 Å². The Morgan fingerprint density at radius 2 is 1.94 bits per heavy atom. The number of aromatic nitrogens is 2. The van der Waals surface area contributed by atoms with Crippen molar-refractivity contribution < 1.29 is 4.79 Å². The molecular weight excluding hydrogens is 479 g/mol. The molecule has 5 rings (SSSR count). The van der Waals surface area contributed by atoms with Crippen LogP contribution < -0.4 is 5.73 Å². The smallest absolute Gasteiger partial charge is 0.230 e. The molecule has 2 heterocycles. The van der Waals surface area contributed by atoms with E-state index < -0.39 is 0 Å². The van der Waals surface area contributed by atoms with Crippen molar-refractivity contribution in [2.45, 2.75) is 51.5 Å². The average molecular weight is 511 g/mol. The van der Waals surface area contributed by atoms with Crippen LogP contribution >= 0.6 is 23.2 Å². The van der Waals surface area contributed by atoms with E-state index in [9.17, 15) is 4.79 Å². The minimum Gasteiger partial charge on any atom is -0.338 e. The Kier molecular flexibility index (Phi) is 6.93. The molecule has 5 nitrogen and oxygen atoms in total. The monoisotopic (exact) mass is 510 g/mol. The van der Waals surface area contributed by atoms with E-state index in [0.717, 1.165) is 55.1 Å². The molecule has 1 aliphatic heterocycles. The van der Waals surface area contributed by atoms with Crippen LogP contribution in [0.1, 0.15) is 62.6 Å². The highest BCUT2D eigenvalue weighted by atomic mass is 35.5. The molecule has 1 unspecified atom stereocenters. The van der Waals surface area contributed by atoms with Crippen LogP contribution in [-0.4, -0.2) is 40.2 Å². The number of rotatable bonds is 5. The standard InChI is InChI=1S/C28H32Cl2N4O/c1-19(24-8-7-23(29)16-25(24)30)34-26-15-21(5-6-22(26)17-32-34)20-9-13-33(14-10-20)27(35)28(18-31)11-3-2-4-12-28/h5-9,15-17,19H,2-4,10-14,18,31H2,1H3. The molecule has 1 amide bonds. The summed E-state index contributed by atoms with van der Waals surface area (Å²) in [6.07, 6.45) is 10.2. The van der Waals surface area contributed by atoms with Crippen LogP contribution in [0, 0.1) is 5.41 Å². The Morgan fingerprint density at radius 3 is 2.63 bits per heavy atom. The third kappa shape index (κ3) is 4.62. The Labute approximate surface area is 216 Å². The molecule has 7 heteroatoms. The summed E-state index contributed by atoms with van der Waals surface area (Å²) in [7, 11) is 0. The molecule has 3 aromatic rings. The van der Waals surface area contributed by atoms with E-state index in [-0.39, 0.29) is 17.4 Å². The molecule has 0 saturated heterocycles. The van der Waals surface area contributed by atoms with Crippen LogP contribution in [-0.2, 0) is 4.79 Å². The van der Waals surface area contributed by atoms with Crippen LogP contribution in [0.3, 0.4) is 0 Å². The lowest BCUT2D eigenvalue weighted by molar-refractivity contribution is -0.143. The Hall–Kier alpha value is -2.34. The minimum atomic E-state index is -0.353. The molecule has 0 bridgehead atoms. The third-order valence-electron chi connectivity index (χ3n) is 7.90. The summed E-state index contributed by atoms with van der Waals surface area (Å²) in [5.41, 5.74) is 10.2. The maximum Gasteiger partial charge on any atom is 0.230 e. The van der Waals surface area contributed by atoms with Crippen molar-refractivity contribution in [2.24, 2.45) is 11.1 Å². The summed E-state index contributed by atoms with van der Waals surface area (Å²) in [5, 5.41) is 7.01. The van der Waals surface area contributed by atoms with Crippen LogP contribution in [0.2, 0.25) is 10.0 Å². The summed E-state index contributed by atoms with van der Waals surface area (Å²) >= 11 is 12.6. The van der Waals surface area contributed by atoms with Gasteiger partial charge in [-0.1, -0.05) is 66.7 Å². The normalized spacial score (nSPS) is 19.0. The van der Waals surface area contributed by atoms with Gasteiger partial charge in [-0.3, -0.25) is 9.48 Å². The van der Waals surface area contributed by atoms with Crippen LogP contribution in [0.15, 0.2) is 48.7 Å². The number of carbonyl (C=O) groups is 1. The second-order valence-electron chi connectivity index (χ2n) is 9.98. The van der Waals surface area contributed by atoms with Gasteiger partial charge in [-0.15, -0.1) is 0 Å². The first kappa shape index (κ1) is 24.4. The van der Waals surface area contributed by atoms with E-state index in [2.05, 4.69) is 36.3 Å². The van der Waals surface area contributed by atoms with Crippen molar-refractivity contribution in [3.05, 3.63) is 69.8 Å². The topological polar surface area (TPSA) is 64.2 Å². The lowest BCUT2D eigenvalue weighted by atomic mass is 9.73. The van der Waals surface area contributed by atoms with Crippen molar-refractivity contribution in [3.8, 4) is 0 Å². The highest BCUT2D eigenvalue weighted by Gasteiger charge is 2.41. The Bertz CT molecular complexity index is 1280. The summed E-state index contributed by atoms with van der Waals surface area (Å²) < 4.78 is 2.02. The molecule has 1 fully saturated rings. The number of halogens is 2. The zero-order valence-corrected chi connectivity index (χ0v) is 21.7. The van der Waals surface area contributed by atoms with Gasteiger partial charge in [-0.05, 0) is 61.1 Å². The maximum atomic E-state index is 13.4. The average Bonchev–Trinajstić information content (AvgIpc) is 3.32. The molecule has 184 valence electrons. The Balaban J connectivity index is 1.38. The summed E-state index contributed by atoms with van der Waals surface area (Å²) in [6.45, 7) is 3.93. The molecule has 2 aromatic carbocycles. The van der Waals surface area contributed by atoms with E-state index in [1.54, 1.807) is 6.07 Å². The second-order valence-corrected chi connectivity index (χ2v) is 10.8. The largest absolute Gasteiger partial charge is 0.338 e. The lowest BCUT2D eigenvalue weighted by Gasteiger charge is -2.40. The van der Waals surface area contributed by atoms with Crippen molar-refractivity contribution >= 4 is 45.6 Å². The first-order valence-electron chi connectivity index (χ1n) is 12.5. The molecule has 35 heavy (non-hydrogen) atoms. The highest BCUT2D eigenvalue weighted by molar-refractivity contribution is 6.35. The first-order valence-corrected chi connectivity index (χ1v) is 13.3. The summed E-state index contributed by atoms with van der Waals surface area (Å²) in [4.78, 5) is 15.4. The number of nitrogens with two attached hydrogens (primary N) is 1. The van der Waals surface area contributed by atoms with Gasteiger partial charge in [-0.25, -0.2) is 0 Å². The molecule has 1 atom stereocenters. The highest BCUT2D eigenvalue weighted by Crippen LogP contribution is 2.38. The van der Waals surface area contributed by atoms with Gasteiger partial charge >= 0.3 is 0 Å². The van der Waals surface area contributed by atoms with Gasteiger partial charge in [0.25, 0.3) is 0 Å². The van der Waals surface area contributed by atoms with Crippen molar-refractivity contribution in [1.82, 2.24) is 14.7 Å². The number of amides is 1. The van der Waals surface area contributed by atoms with Crippen LogP contribution in [0.5, 0.6) is 0 Å². The lowest BCUT2D eigenvalue weighted by Crippen LogP contribution is -2.50. The zero-order chi connectivity index (χ0) is 24.6. The van der Waals surface area contributed by atoms with Gasteiger partial charge in [0.15, 0.2) is 0 Å². The third-order valence-corrected chi connectivity index (χ3v) is 8.46. The fourth-order valence-corrected chi connectivity index (χ4v) is 6.27. The van der Waals surface area contributed by atoms with Gasteiger partial charge < -0.3 is 10.6 Å². The molecule has 1 aliphatic carbocycles. The molecule has 1 aromatic heterocycles. The quantitative estimate of drug-likeness (QED) is 0.427. The predicted octanol–water partition coefficient (Wildman–Crippen LogP) is 6.48. The predicted molar refractivity (Wildman–Crippen MR) is 144 cm³/mol. The fraction of sp³-hybridized carbons (Fsp3) is 0.429. The van der Waals surface area contributed by atoms with Crippen LogP contribution in [0.25, 0.3) is 16.5 Å². The number of hydrogen-bond donors (Lipinski definition) is 1. The maximum absolute atomic E-state index is 13.4. The number of benzene rings is 2. The molecule has 2 N–H and O–H groups in total. The van der Waals surface area contributed by atoms with Gasteiger partial charge in [0.1, 0.15) is 0 Å². The van der Waals surface area contributed by atoms with Crippen molar-refractivity contribution in [3.63, 3.8) is 0 Å². The van der Waals surface area contributed by atoms with E-state index in [1.165, 1.54) is 17.6 Å². The molecular formula is C28H32Cl2N4O. The minimum absolute atomic E-state index is 0.0380. The number of fused-ring (bicyclic) bond motifs is 1. The van der Waals surface area contributed by atoms with Gasteiger partial charge in [-0.2, -0.15) is 5.10 Å². The number of nitrogens with zero attached hydrogens (tertiary/aromatic N) is 3. The molecule has 2 aliphatic rings. The Morgan fingerprint density at radius 1 is 1.14 bits per heavy atom. The summed E-state index contributed by atoms with van der Waals surface area (Å²) in [5.74, 6) is 0.247. The van der Waals surface area contributed by atoms with E-state index in [4.69, 9.17) is 28.9 Å². The van der Waals surface area contributed by atoms with Gasteiger partial charge in [0.05, 0.1) is 23.2 Å². The number of hydrogen-bond acceptors (Lipinski definition) is 3. The van der Waals surface area contributed by atoms with Crippen LogP contribution in [0.4, 0.5) is 0 Å². The molecule has 1 saturated carbocycles. The summed E-state index contributed by atoms with van der Waals surface area (Å²) in [6, 6.07) is 12.0. The van der Waals surface area contributed by atoms with Crippen molar-refractivity contribution in [1.29, 1.82) is 0 Å². The van der Waals surface area contributed by atoms with Crippen molar-refractivity contribution in [2.75, 3.05) is 19.6 Å². The SMILES string of the molecule is CC(c1ccc(Cl)cc1Cl)n1ncc2ccc(C3=CCN(C(=O)C4(CN)CCCCC4)CC3)cc21. The zero-order valence-electron chi connectivity index (χ0n) is 20.1. The first-order chi connectivity index (χ1) is 16.9. The molecule has 0 spiro atoms. The fourth-order valence-electron chi connectivity index (χ4n) is 5.70. The second kappa shape index (κ2) is 9.96. The number of carbonyl (C=O) groups excluding carboxylic acids is 1. The van der Waals surface area contributed by atoms with E-state index in [0.29, 0.717) is 23.1 Å². The van der Waals surface area contributed by atoms with E-state index in [1.807, 2.05) is 27.9 Å². The van der Waals surface area contributed by atoms with E-state index >= 15 is 0 Å². The molecule has 0 radical (unpaired) electrons. The van der Waals surface area contributed by atoms with Gasteiger partial charge in [0, 0.05) is 35.1 Å².